The predicted octanol–water partition coefficient (Wildman–Crippen LogP) is 0.114. The minimum absolute atomic E-state index is 0.125. The lowest BCUT2D eigenvalue weighted by Gasteiger charge is -2.14. The fourth-order valence-corrected chi connectivity index (χ4v) is 1.72. The Balaban J connectivity index is 2.10. The van der Waals surface area contributed by atoms with Gasteiger partial charge in [-0.3, -0.25) is 14.7 Å². The van der Waals surface area contributed by atoms with Crippen molar-refractivity contribution in [3.8, 4) is 0 Å². The molecule has 0 spiro atoms. The van der Waals surface area contributed by atoms with Crippen LogP contribution in [-0.4, -0.2) is 47.7 Å². The molecule has 0 unspecified atom stereocenters. The van der Waals surface area contributed by atoms with Gasteiger partial charge in [0.25, 0.3) is 5.91 Å². The second kappa shape index (κ2) is 4.67. The standard InChI is InChI=1S/C11H16N4O3/c1-15(5-7(16)18-2)11(17)10-8(12)9(13-14-10)6-3-4-6/h6H,3-5,12H2,1-2H3,(H,13,14). The Kier molecular flexibility index (Phi) is 3.22. The highest BCUT2D eigenvalue weighted by Crippen LogP contribution is 2.42. The largest absolute Gasteiger partial charge is 0.468 e. The molecule has 0 saturated heterocycles. The van der Waals surface area contributed by atoms with E-state index in [1.54, 1.807) is 0 Å². The highest BCUT2D eigenvalue weighted by molar-refractivity contribution is 5.98. The van der Waals surface area contributed by atoms with Crippen LogP contribution in [0, 0.1) is 0 Å². The number of esters is 1. The molecule has 2 rings (SSSR count). The van der Waals surface area contributed by atoms with Crippen LogP contribution in [0.1, 0.15) is 34.9 Å². The van der Waals surface area contributed by atoms with Crippen molar-refractivity contribution in [3.63, 3.8) is 0 Å². The van der Waals surface area contributed by atoms with E-state index in [1.807, 2.05) is 0 Å². The number of nitrogens with one attached hydrogen (secondary N) is 1. The molecule has 3 N–H and O–H groups in total. The first-order valence-corrected chi connectivity index (χ1v) is 5.70. The fraction of sp³-hybridized carbons (Fsp3) is 0.545. The van der Waals surface area contributed by atoms with E-state index in [-0.39, 0.29) is 18.1 Å². The van der Waals surface area contributed by atoms with E-state index in [1.165, 1.54) is 19.1 Å². The normalized spacial score (nSPS) is 14.3. The average Bonchev–Trinajstić information content (AvgIpc) is 3.12. The first-order valence-electron chi connectivity index (χ1n) is 5.70. The lowest BCUT2D eigenvalue weighted by Crippen LogP contribution is -2.33. The maximum Gasteiger partial charge on any atom is 0.325 e. The number of anilines is 1. The van der Waals surface area contributed by atoms with E-state index < -0.39 is 5.97 Å². The summed E-state index contributed by atoms with van der Waals surface area (Å²) in [5, 5.41) is 6.74. The Morgan fingerprint density at radius 1 is 1.56 bits per heavy atom. The van der Waals surface area contributed by atoms with Gasteiger partial charge in [0, 0.05) is 13.0 Å². The number of aromatic nitrogens is 2. The third kappa shape index (κ3) is 2.29. The first-order chi connectivity index (χ1) is 8.54. The first kappa shape index (κ1) is 12.4. The van der Waals surface area contributed by atoms with Gasteiger partial charge < -0.3 is 15.4 Å². The zero-order valence-electron chi connectivity index (χ0n) is 10.4. The van der Waals surface area contributed by atoms with Crippen molar-refractivity contribution in [2.45, 2.75) is 18.8 Å². The molecule has 1 fully saturated rings. The Morgan fingerprint density at radius 3 is 2.78 bits per heavy atom. The number of nitrogen functional groups attached to an aromatic ring is 1. The van der Waals surface area contributed by atoms with E-state index in [0.29, 0.717) is 11.6 Å². The lowest BCUT2D eigenvalue weighted by atomic mass is 10.2. The second-order valence-electron chi connectivity index (χ2n) is 4.41. The van der Waals surface area contributed by atoms with Crippen LogP contribution in [0.2, 0.25) is 0 Å². The van der Waals surface area contributed by atoms with Gasteiger partial charge >= 0.3 is 5.97 Å². The van der Waals surface area contributed by atoms with Gasteiger partial charge in [-0.05, 0) is 12.8 Å². The average molecular weight is 252 g/mol. The van der Waals surface area contributed by atoms with Crippen LogP contribution in [0.25, 0.3) is 0 Å². The molecule has 0 aliphatic heterocycles. The van der Waals surface area contributed by atoms with Crippen LogP contribution >= 0.6 is 0 Å². The third-order valence-corrected chi connectivity index (χ3v) is 2.96. The summed E-state index contributed by atoms with van der Waals surface area (Å²) >= 11 is 0. The Hall–Kier alpha value is -2.05. The minimum Gasteiger partial charge on any atom is -0.468 e. The number of methoxy groups -OCH3 is 1. The molecule has 18 heavy (non-hydrogen) atoms. The van der Waals surface area contributed by atoms with Crippen molar-refractivity contribution in [3.05, 3.63) is 11.4 Å². The molecule has 1 heterocycles. The molecule has 0 bridgehead atoms. The fourth-order valence-electron chi connectivity index (χ4n) is 1.72. The topological polar surface area (TPSA) is 101 Å². The summed E-state index contributed by atoms with van der Waals surface area (Å²) in [6.45, 7) is -0.125. The van der Waals surface area contributed by atoms with Crippen molar-refractivity contribution in [1.29, 1.82) is 0 Å². The number of hydrogen-bond donors (Lipinski definition) is 2. The number of carbonyl (C=O) groups is 2. The van der Waals surface area contributed by atoms with Crippen molar-refractivity contribution in [2.75, 3.05) is 26.4 Å². The molecule has 1 aromatic rings. The van der Waals surface area contributed by atoms with Crippen molar-refractivity contribution >= 4 is 17.6 Å². The molecule has 1 saturated carbocycles. The van der Waals surface area contributed by atoms with Crippen LogP contribution in [0.3, 0.4) is 0 Å². The maximum atomic E-state index is 12.0. The van der Waals surface area contributed by atoms with Crippen molar-refractivity contribution in [1.82, 2.24) is 15.1 Å². The zero-order chi connectivity index (χ0) is 13.3. The van der Waals surface area contributed by atoms with Gasteiger partial charge in [-0.2, -0.15) is 5.10 Å². The van der Waals surface area contributed by atoms with Crippen molar-refractivity contribution in [2.24, 2.45) is 0 Å². The van der Waals surface area contributed by atoms with Crippen molar-refractivity contribution < 1.29 is 14.3 Å². The number of likely N-dealkylation sites (N-methyl/N-ethyl adjacent to an activating group) is 1. The summed E-state index contributed by atoms with van der Waals surface area (Å²) in [4.78, 5) is 24.4. The highest BCUT2D eigenvalue weighted by atomic mass is 16.5. The minimum atomic E-state index is -0.484. The number of nitrogens with two attached hydrogens (primary N) is 1. The van der Waals surface area contributed by atoms with Crippen LogP contribution in [0.4, 0.5) is 5.69 Å². The summed E-state index contributed by atoms with van der Waals surface area (Å²) in [5.41, 5.74) is 7.27. The van der Waals surface area contributed by atoms with E-state index in [0.717, 1.165) is 18.5 Å². The smallest absolute Gasteiger partial charge is 0.325 e. The monoisotopic (exact) mass is 252 g/mol. The maximum absolute atomic E-state index is 12.0. The van der Waals surface area contributed by atoms with Gasteiger partial charge in [-0.15, -0.1) is 0 Å². The number of H-pyrrole nitrogens is 1. The SMILES string of the molecule is COC(=O)CN(C)C(=O)c1n[nH]c(C2CC2)c1N. The van der Waals surface area contributed by atoms with Gasteiger partial charge in [0.1, 0.15) is 6.54 Å². The van der Waals surface area contributed by atoms with Crippen LogP contribution in [0.15, 0.2) is 0 Å². The molecule has 1 aromatic heterocycles. The van der Waals surface area contributed by atoms with Gasteiger partial charge in [0.05, 0.1) is 18.5 Å². The van der Waals surface area contributed by atoms with E-state index in [2.05, 4.69) is 14.9 Å². The third-order valence-electron chi connectivity index (χ3n) is 2.96. The molecule has 0 atom stereocenters. The van der Waals surface area contributed by atoms with E-state index in [4.69, 9.17) is 5.73 Å². The number of aromatic amines is 1. The molecule has 0 radical (unpaired) electrons. The Bertz CT molecular complexity index is 479. The summed E-state index contributed by atoms with van der Waals surface area (Å²) in [6, 6.07) is 0. The Morgan fingerprint density at radius 2 is 2.22 bits per heavy atom. The van der Waals surface area contributed by atoms with Gasteiger partial charge in [0.15, 0.2) is 5.69 Å². The van der Waals surface area contributed by atoms with Crippen LogP contribution < -0.4 is 5.73 Å². The van der Waals surface area contributed by atoms with Crippen LogP contribution in [0.5, 0.6) is 0 Å². The van der Waals surface area contributed by atoms with Gasteiger partial charge in [0.2, 0.25) is 0 Å². The predicted molar refractivity (Wildman–Crippen MR) is 64.0 cm³/mol. The zero-order valence-corrected chi connectivity index (χ0v) is 10.4. The number of hydrogen-bond acceptors (Lipinski definition) is 5. The molecule has 1 aliphatic rings. The summed E-state index contributed by atoms with van der Waals surface area (Å²) in [7, 11) is 2.78. The van der Waals surface area contributed by atoms with Crippen LogP contribution in [-0.2, 0) is 9.53 Å². The molecule has 7 heteroatoms. The van der Waals surface area contributed by atoms with Gasteiger partial charge in [-0.25, -0.2) is 0 Å². The number of rotatable bonds is 4. The lowest BCUT2D eigenvalue weighted by molar-refractivity contribution is -0.141. The second-order valence-corrected chi connectivity index (χ2v) is 4.41. The molecule has 1 aliphatic carbocycles. The summed E-state index contributed by atoms with van der Waals surface area (Å²) in [6.07, 6.45) is 2.13. The Labute approximate surface area is 104 Å². The quantitative estimate of drug-likeness (QED) is 0.741. The molecule has 98 valence electrons. The molecular formula is C11H16N4O3. The molecule has 1 amide bonds. The van der Waals surface area contributed by atoms with E-state index >= 15 is 0 Å². The number of amides is 1. The molecule has 7 nitrogen and oxygen atoms in total. The number of ether oxygens (including phenoxy) is 1. The van der Waals surface area contributed by atoms with Gasteiger partial charge in [-0.1, -0.05) is 0 Å². The number of nitrogens with zero attached hydrogens (tertiary/aromatic N) is 2. The summed E-state index contributed by atoms with van der Waals surface area (Å²) in [5.74, 6) is -0.478. The molecule has 0 aromatic carbocycles. The van der Waals surface area contributed by atoms with E-state index in [9.17, 15) is 9.59 Å². The molecular weight excluding hydrogens is 236 g/mol. The summed E-state index contributed by atoms with van der Waals surface area (Å²) < 4.78 is 4.50. The highest BCUT2D eigenvalue weighted by Gasteiger charge is 2.31. The number of carbonyl (C=O) groups excluding carboxylic acids is 2.